The molecule has 144 valence electrons. The zero-order chi connectivity index (χ0) is 19.6. The molecule has 0 atom stereocenters. The van der Waals surface area contributed by atoms with Crippen LogP contribution in [0.4, 0.5) is 5.69 Å². The summed E-state index contributed by atoms with van der Waals surface area (Å²) in [7, 11) is 1.67. The second kappa shape index (κ2) is 7.96. The standard InChI is InChI=1S/C21H27N3O3/c1-14-20(16(3)25)15(2)22-21(14)19(26)13-23-8-10-24(11-9-23)17-6-5-7-18(12-17)27-4/h5-7,12,22H,8-11,13H2,1-4H3. The van der Waals surface area contributed by atoms with Crippen LogP contribution in [0.25, 0.3) is 0 Å². The molecule has 1 aromatic carbocycles. The van der Waals surface area contributed by atoms with Gasteiger partial charge in [0.1, 0.15) is 5.75 Å². The van der Waals surface area contributed by atoms with Crippen LogP contribution in [0.2, 0.25) is 0 Å². The number of ether oxygens (including phenoxy) is 1. The van der Waals surface area contributed by atoms with E-state index in [1.807, 2.05) is 32.0 Å². The number of Topliss-reactive ketones (excluding diaryl/α,β-unsaturated/α-hetero) is 2. The first-order valence-electron chi connectivity index (χ1n) is 9.25. The smallest absolute Gasteiger partial charge is 0.193 e. The van der Waals surface area contributed by atoms with E-state index in [4.69, 9.17) is 4.74 Å². The first-order valence-corrected chi connectivity index (χ1v) is 9.25. The van der Waals surface area contributed by atoms with Crippen LogP contribution >= 0.6 is 0 Å². The number of aromatic nitrogens is 1. The number of hydrogen-bond acceptors (Lipinski definition) is 5. The van der Waals surface area contributed by atoms with Gasteiger partial charge in [-0.1, -0.05) is 6.07 Å². The van der Waals surface area contributed by atoms with Gasteiger partial charge in [-0.25, -0.2) is 0 Å². The van der Waals surface area contributed by atoms with Crippen molar-refractivity contribution in [2.45, 2.75) is 20.8 Å². The molecule has 0 amide bonds. The highest BCUT2D eigenvalue weighted by Gasteiger charge is 2.24. The fraction of sp³-hybridized carbons (Fsp3) is 0.429. The third-order valence-electron chi connectivity index (χ3n) is 5.23. The van der Waals surface area contributed by atoms with E-state index < -0.39 is 0 Å². The molecule has 1 saturated heterocycles. The first kappa shape index (κ1) is 19.2. The van der Waals surface area contributed by atoms with E-state index in [1.54, 1.807) is 7.11 Å². The molecule has 0 spiro atoms. The number of piperazine rings is 1. The highest BCUT2D eigenvalue weighted by Crippen LogP contribution is 2.23. The van der Waals surface area contributed by atoms with Gasteiger partial charge in [0, 0.05) is 49.2 Å². The number of aryl methyl sites for hydroxylation is 1. The lowest BCUT2D eigenvalue weighted by atomic mass is 10.1. The van der Waals surface area contributed by atoms with Gasteiger partial charge >= 0.3 is 0 Å². The topological polar surface area (TPSA) is 65.6 Å². The van der Waals surface area contributed by atoms with Gasteiger partial charge < -0.3 is 14.6 Å². The minimum Gasteiger partial charge on any atom is -0.497 e. The molecule has 1 N–H and O–H groups in total. The minimum atomic E-state index is -0.00722. The average molecular weight is 369 g/mol. The minimum absolute atomic E-state index is 0.00722. The summed E-state index contributed by atoms with van der Waals surface area (Å²) >= 11 is 0. The highest BCUT2D eigenvalue weighted by atomic mass is 16.5. The van der Waals surface area contributed by atoms with Crippen LogP contribution in [-0.2, 0) is 0 Å². The number of carbonyl (C=O) groups excluding carboxylic acids is 2. The molecule has 1 aliphatic rings. The van der Waals surface area contributed by atoms with Crippen LogP contribution in [0.15, 0.2) is 24.3 Å². The van der Waals surface area contributed by atoms with E-state index in [0.29, 0.717) is 17.8 Å². The van der Waals surface area contributed by atoms with Crippen LogP contribution in [0, 0.1) is 13.8 Å². The Morgan fingerprint density at radius 1 is 1.15 bits per heavy atom. The molecule has 2 heterocycles. The summed E-state index contributed by atoms with van der Waals surface area (Å²) in [4.78, 5) is 32.1. The maximum absolute atomic E-state index is 12.7. The Kier molecular flexibility index (Phi) is 5.65. The van der Waals surface area contributed by atoms with E-state index in [0.717, 1.165) is 48.9 Å². The Balaban J connectivity index is 1.61. The number of anilines is 1. The molecule has 0 radical (unpaired) electrons. The predicted molar refractivity (Wildman–Crippen MR) is 106 cm³/mol. The molecule has 0 bridgehead atoms. The zero-order valence-corrected chi connectivity index (χ0v) is 16.5. The number of methoxy groups -OCH3 is 1. The lowest BCUT2D eigenvalue weighted by Crippen LogP contribution is -2.48. The Labute approximate surface area is 160 Å². The van der Waals surface area contributed by atoms with Crippen LogP contribution in [0.1, 0.15) is 39.0 Å². The second-order valence-corrected chi connectivity index (χ2v) is 7.07. The molecule has 1 aliphatic heterocycles. The summed E-state index contributed by atoms with van der Waals surface area (Å²) in [6.45, 7) is 8.95. The number of carbonyl (C=O) groups is 2. The van der Waals surface area contributed by atoms with Gasteiger partial charge in [0.2, 0.25) is 0 Å². The molecule has 0 unspecified atom stereocenters. The summed E-state index contributed by atoms with van der Waals surface area (Å²) < 4.78 is 5.30. The fourth-order valence-electron chi connectivity index (χ4n) is 3.81. The molecule has 1 fully saturated rings. The molecular weight excluding hydrogens is 342 g/mol. The number of ketones is 2. The van der Waals surface area contributed by atoms with Crippen molar-refractivity contribution in [3.8, 4) is 5.75 Å². The first-order chi connectivity index (χ1) is 12.9. The summed E-state index contributed by atoms with van der Waals surface area (Å²) in [5.74, 6) is 0.883. The normalized spacial score (nSPS) is 15.0. The van der Waals surface area contributed by atoms with Crippen LogP contribution in [-0.4, -0.2) is 61.3 Å². The van der Waals surface area contributed by atoms with Gasteiger partial charge in [-0.05, 0) is 38.5 Å². The Bertz CT molecular complexity index is 848. The third kappa shape index (κ3) is 4.06. The van der Waals surface area contributed by atoms with Gasteiger partial charge in [-0.2, -0.15) is 0 Å². The van der Waals surface area contributed by atoms with Crippen LogP contribution in [0.3, 0.4) is 0 Å². The van der Waals surface area contributed by atoms with Crippen molar-refractivity contribution in [3.63, 3.8) is 0 Å². The van der Waals surface area contributed by atoms with Gasteiger partial charge in [-0.15, -0.1) is 0 Å². The summed E-state index contributed by atoms with van der Waals surface area (Å²) in [6, 6.07) is 8.05. The maximum atomic E-state index is 12.7. The van der Waals surface area contributed by atoms with Crippen LogP contribution in [0.5, 0.6) is 5.75 Å². The largest absolute Gasteiger partial charge is 0.497 e. The van der Waals surface area contributed by atoms with E-state index in [-0.39, 0.29) is 11.6 Å². The molecular formula is C21H27N3O3. The van der Waals surface area contributed by atoms with Gasteiger partial charge in [0.05, 0.1) is 19.3 Å². The predicted octanol–water partition coefficient (Wildman–Crippen LogP) is 2.85. The molecule has 6 nitrogen and oxygen atoms in total. The third-order valence-corrected chi connectivity index (χ3v) is 5.23. The van der Waals surface area contributed by atoms with Crippen molar-refractivity contribution >= 4 is 17.3 Å². The number of benzene rings is 1. The van der Waals surface area contributed by atoms with Crippen molar-refractivity contribution < 1.29 is 14.3 Å². The molecule has 27 heavy (non-hydrogen) atoms. The molecule has 3 rings (SSSR count). The van der Waals surface area contributed by atoms with E-state index >= 15 is 0 Å². The molecule has 6 heteroatoms. The number of nitrogens with one attached hydrogen (secondary N) is 1. The van der Waals surface area contributed by atoms with Gasteiger partial charge in [-0.3, -0.25) is 14.5 Å². The van der Waals surface area contributed by atoms with E-state index in [2.05, 4.69) is 20.9 Å². The number of aromatic amines is 1. The number of rotatable bonds is 6. The molecule has 0 saturated carbocycles. The quantitative estimate of drug-likeness (QED) is 0.793. The van der Waals surface area contributed by atoms with Crippen molar-refractivity contribution in [1.29, 1.82) is 0 Å². The Morgan fingerprint density at radius 2 is 1.85 bits per heavy atom. The molecule has 2 aromatic rings. The van der Waals surface area contributed by atoms with Crippen LogP contribution < -0.4 is 9.64 Å². The number of nitrogens with zero attached hydrogens (tertiary/aromatic N) is 2. The molecule has 1 aromatic heterocycles. The highest BCUT2D eigenvalue weighted by molar-refractivity contribution is 6.03. The summed E-state index contributed by atoms with van der Waals surface area (Å²) in [5, 5.41) is 0. The SMILES string of the molecule is COc1cccc(N2CCN(CC(=O)c3[nH]c(C)c(C(C)=O)c3C)CC2)c1. The molecule has 0 aliphatic carbocycles. The van der Waals surface area contributed by atoms with Crippen molar-refractivity contribution in [3.05, 3.63) is 46.8 Å². The van der Waals surface area contributed by atoms with Crippen molar-refractivity contribution in [2.75, 3.05) is 44.7 Å². The zero-order valence-electron chi connectivity index (χ0n) is 16.5. The Hall–Kier alpha value is -2.60. The summed E-state index contributed by atoms with van der Waals surface area (Å²) in [6.07, 6.45) is 0. The van der Waals surface area contributed by atoms with E-state index in [9.17, 15) is 9.59 Å². The number of hydrogen-bond donors (Lipinski definition) is 1. The Morgan fingerprint density at radius 3 is 2.44 bits per heavy atom. The van der Waals surface area contributed by atoms with Gasteiger partial charge in [0.25, 0.3) is 0 Å². The lowest BCUT2D eigenvalue weighted by molar-refractivity contribution is 0.0921. The second-order valence-electron chi connectivity index (χ2n) is 7.07. The number of H-pyrrole nitrogens is 1. The van der Waals surface area contributed by atoms with Crippen molar-refractivity contribution in [1.82, 2.24) is 9.88 Å². The summed E-state index contributed by atoms with van der Waals surface area (Å²) in [5.41, 5.74) is 3.88. The maximum Gasteiger partial charge on any atom is 0.193 e. The van der Waals surface area contributed by atoms with Gasteiger partial charge in [0.15, 0.2) is 11.6 Å². The lowest BCUT2D eigenvalue weighted by Gasteiger charge is -2.35. The fourth-order valence-corrected chi connectivity index (χ4v) is 3.81. The van der Waals surface area contributed by atoms with Crippen molar-refractivity contribution in [2.24, 2.45) is 0 Å². The average Bonchev–Trinajstić information content (AvgIpc) is 2.97. The van der Waals surface area contributed by atoms with E-state index in [1.165, 1.54) is 6.92 Å². The monoisotopic (exact) mass is 369 g/mol.